The van der Waals surface area contributed by atoms with E-state index >= 15 is 0 Å². The Morgan fingerprint density at radius 1 is 1.26 bits per heavy atom. The van der Waals surface area contributed by atoms with Crippen molar-refractivity contribution in [3.63, 3.8) is 0 Å². The summed E-state index contributed by atoms with van der Waals surface area (Å²) in [7, 11) is 0. The molecule has 1 aliphatic rings. The highest BCUT2D eigenvalue weighted by Gasteiger charge is 2.33. The van der Waals surface area contributed by atoms with Crippen LogP contribution >= 0.6 is 11.8 Å². The van der Waals surface area contributed by atoms with Crippen LogP contribution in [0, 0.1) is 11.3 Å². The Morgan fingerprint density at radius 2 is 1.91 bits per heavy atom. The van der Waals surface area contributed by atoms with Gasteiger partial charge in [0.25, 0.3) is 0 Å². The molecule has 0 unspecified atom stereocenters. The molecule has 6 heteroatoms. The Labute approximate surface area is 139 Å². The zero-order valence-electron chi connectivity index (χ0n) is 13.3. The first-order valence-electron chi connectivity index (χ1n) is 7.21. The van der Waals surface area contributed by atoms with Gasteiger partial charge in [0.1, 0.15) is 22.3 Å². The molecule has 2 rings (SSSR count). The van der Waals surface area contributed by atoms with Gasteiger partial charge in [-0.15, -0.1) is 11.8 Å². The maximum absolute atomic E-state index is 12.5. The zero-order chi connectivity index (χ0) is 17.0. The van der Waals surface area contributed by atoms with Gasteiger partial charge < -0.3 is 4.74 Å². The number of ether oxygens (including phenoxy) is 1. The van der Waals surface area contributed by atoms with Crippen LogP contribution in [-0.2, 0) is 4.74 Å². The molecule has 0 atom stereocenters. The molecule has 0 saturated carbocycles. The molecule has 1 aromatic carbocycles. The number of nitriles is 1. The van der Waals surface area contributed by atoms with Crippen molar-refractivity contribution in [2.24, 2.45) is 0 Å². The number of thioether (sulfide) groups is 1. The first-order chi connectivity index (χ1) is 10.8. The molecule has 0 radical (unpaired) electrons. The average Bonchev–Trinajstić information content (AvgIpc) is 2.96. The standard InChI is InChI=1S/C17H18N2O3S/c1-17(2,3)22-16(21)19-9-10-23-15(19)13(11-18)14(20)12-7-5-4-6-8-12/h4-8H,9-10H2,1-3H3/b15-13+. The van der Waals surface area contributed by atoms with Crippen LogP contribution < -0.4 is 0 Å². The summed E-state index contributed by atoms with van der Waals surface area (Å²) in [5.41, 5.74) is -0.233. The molecule has 0 N–H and O–H groups in total. The van der Waals surface area contributed by atoms with Crippen molar-refractivity contribution >= 4 is 23.6 Å². The number of nitrogens with zero attached hydrogens (tertiary/aromatic N) is 2. The number of Topliss-reactive ketones (excluding diaryl/α,β-unsaturated/α-hetero) is 1. The van der Waals surface area contributed by atoms with Crippen LogP contribution in [0.25, 0.3) is 0 Å². The summed E-state index contributed by atoms with van der Waals surface area (Å²) in [6.07, 6.45) is -0.536. The van der Waals surface area contributed by atoms with E-state index in [2.05, 4.69) is 0 Å². The van der Waals surface area contributed by atoms with E-state index < -0.39 is 11.7 Å². The van der Waals surface area contributed by atoms with Crippen molar-refractivity contribution in [1.29, 1.82) is 5.26 Å². The Bertz CT molecular complexity index is 684. The molecule has 1 saturated heterocycles. The number of carbonyl (C=O) groups excluding carboxylic acids is 2. The normalized spacial score (nSPS) is 16.7. The topological polar surface area (TPSA) is 70.4 Å². The van der Waals surface area contributed by atoms with Gasteiger partial charge in [-0.05, 0) is 20.8 Å². The largest absolute Gasteiger partial charge is 0.443 e. The van der Waals surface area contributed by atoms with Crippen LogP contribution in [0.1, 0.15) is 31.1 Å². The van der Waals surface area contributed by atoms with E-state index in [1.807, 2.05) is 6.07 Å². The summed E-state index contributed by atoms with van der Waals surface area (Å²) in [6, 6.07) is 10.5. The van der Waals surface area contributed by atoms with E-state index in [1.54, 1.807) is 51.1 Å². The van der Waals surface area contributed by atoms with Gasteiger partial charge in [-0.1, -0.05) is 30.3 Å². The number of hydrogen-bond donors (Lipinski definition) is 0. The highest BCUT2D eigenvalue weighted by molar-refractivity contribution is 8.03. The molecule has 1 amide bonds. The highest BCUT2D eigenvalue weighted by atomic mass is 32.2. The van der Waals surface area contributed by atoms with E-state index in [0.29, 0.717) is 22.9 Å². The van der Waals surface area contributed by atoms with Gasteiger partial charge in [0.15, 0.2) is 0 Å². The lowest BCUT2D eigenvalue weighted by Gasteiger charge is -2.24. The third-order valence-corrected chi connectivity index (χ3v) is 4.09. The fraction of sp³-hybridized carbons (Fsp3) is 0.353. The molecule has 0 bridgehead atoms. The van der Waals surface area contributed by atoms with E-state index in [9.17, 15) is 14.9 Å². The van der Waals surface area contributed by atoms with E-state index in [0.717, 1.165) is 0 Å². The Kier molecular flexibility index (Phi) is 5.12. The van der Waals surface area contributed by atoms with Gasteiger partial charge in [0, 0.05) is 17.9 Å². The Balaban J connectivity index is 2.34. The van der Waals surface area contributed by atoms with Crippen LogP contribution in [0.15, 0.2) is 40.9 Å². The Morgan fingerprint density at radius 3 is 2.48 bits per heavy atom. The summed E-state index contributed by atoms with van der Waals surface area (Å²) in [6.45, 7) is 5.75. The lowest BCUT2D eigenvalue weighted by atomic mass is 10.1. The third-order valence-electron chi connectivity index (χ3n) is 3.00. The quantitative estimate of drug-likeness (QED) is 0.471. The van der Waals surface area contributed by atoms with Gasteiger partial charge in [-0.2, -0.15) is 5.26 Å². The molecule has 1 fully saturated rings. The van der Waals surface area contributed by atoms with Gasteiger partial charge in [0.05, 0.1) is 0 Å². The third kappa shape index (κ3) is 4.14. The van der Waals surface area contributed by atoms with Crippen LogP contribution in [0.5, 0.6) is 0 Å². The SMILES string of the molecule is CC(C)(C)OC(=O)N1CCS/C1=C(\C#N)C(=O)c1ccccc1. The van der Waals surface area contributed by atoms with Gasteiger partial charge >= 0.3 is 6.09 Å². The smallest absolute Gasteiger partial charge is 0.415 e. The van der Waals surface area contributed by atoms with Crippen molar-refractivity contribution in [1.82, 2.24) is 4.90 Å². The Hall–Kier alpha value is -2.26. The van der Waals surface area contributed by atoms with Crippen LogP contribution in [-0.4, -0.2) is 34.7 Å². The molecule has 0 spiro atoms. The summed E-state index contributed by atoms with van der Waals surface area (Å²) >= 11 is 1.32. The summed E-state index contributed by atoms with van der Waals surface area (Å²) < 4.78 is 5.35. The minimum Gasteiger partial charge on any atom is -0.443 e. The monoisotopic (exact) mass is 330 g/mol. The molecule has 1 aromatic rings. The molecule has 0 aliphatic carbocycles. The summed E-state index contributed by atoms with van der Waals surface area (Å²) in [5, 5.41) is 9.80. The second kappa shape index (κ2) is 6.88. The predicted octanol–water partition coefficient (Wildman–Crippen LogP) is 3.59. The average molecular weight is 330 g/mol. The fourth-order valence-electron chi connectivity index (χ4n) is 2.04. The molecular weight excluding hydrogens is 312 g/mol. The fourth-order valence-corrected chi connectivity index (χ4v) is 3.11. The second-order valence-electron chi connectivity index (χ2n) is 5.97. The first kappa shape index (κ1) is 17.1. The van der Waals surface area contributed by atoms with Gasteiger partial charge in [-0.25, -0.2) is 4.79 Å². The van der Waals surface area contributed by atoms with Crippen molar-refractivity contribution in [2.45, 2.75) is 26.4 Å². The predicted molar refractivity (Wildman–Crippen MR) is 88.8 cm³/mol. The number of amides is 1. The summed E-state index contributed by atoms with van der Waals surface area (Å²) in [5.74, 6) is 0.244. The molecule has 1 aliphatic heterocycles. The highest BCUT2D eigenvalue weighted by Crippen LogP contribution is 2.33. The first-order valence-corrected chi connectivity index (χ1v) is 8.19. The molecule has 120 valence electrons. The number of ketones is 1. The number of allylic oxidation sites excluding steroid dienone is 1. The lowest BCUT2D eigenvalue weighted by molar-refractivity contribution is 0.0344. The van der Waals surface area contributed by atoms with Crippen LogP contribution in [0.3, 0.4) is 0 Å². The minimum atomic E-state index is -0.633. The number of hydrogen-bond acceptors (Lipinski definition) is 5. The number of rotatable bonds is 2. The van der Waals surface area contributed by atoms with Crippen molar-refractivity contribution in [2.75, 3.05) is 12.3 Å². The van der Waals surface area contributed by atoms with Gasteiger partial charge in [-0.3, -0.25) is 9.69 Å². The minimum absolute atomic E-state index is 0.0236. The zero-order valence-corrected chi connectivity index (χ0v) is 14.1. The van der Waals surface area contributed by atoms with E-state index in [4.69, 9.17) is 4.74 Å². The van der Waals surface area contributed by atoms with Crippen molar-refractivity contribution in [3.8, 4) is 6.07 Å². The number of carbonyl (C=O) groups is 2. The van der Waals surface area contributed by atoms with Crippen LogP contribution in [0.2, 0.25) is 0 Å². The van der Waals surface area contributed by atoms with Gasteiger partial charge in [0.2, 0.25) is 5.78 Å². The second-order valence-corrected chi connectivity index (χ2v) is 7.05. The van der Waals surface area contributed by atoms with E-state index in [-0.39, 0.29) is 11.4 Å². The van der Waals surface area contributed by atoms with Crippen molar-refractivity contribution < 1.29 is 14.3 Å². The molecule has 1 heterocycles. The van der Waals surface area contributed by atoms with Crippen LogP contribution in [0.4, 0.5) is 4.79 Å². The molecular formula is C17H18N2O3S. The summed E-state index contributed by atoms with van der Waals surface area (Å²) in [4.78, 5) is 26.2. The maximum atomic E-state index is 12.5. The maximum Gasteiger partial charge on any atom is 0.415 e. The molecule has 0 aromatic heterocycles. The lowest BCUT2D eigenvalue weighted by Crippen LogP contribution is -2.35. The molecule has 5 nitrogen and oxygen atoms in total. The molecule has 23 heavy (non-hydrogen) atoms. The van der Waals surface area contributed by atoms with E-state index in [1.165, 1.54) is 16.7 Å². The number of benzene rings is 1. The van der Waals surface area contributed by atoms with Crippen molar-refractivity contribution in [3.05, 3.63) is 46.5 Å².